The molecule has 0 aliphatic rings. The first-order valence-corrected chi connectivity index (χ1v) is 7.62. The largest absolute Gasteiger partial charge is 0.319 e. The molecule has 0 atom stereocenters. The van der Waals surface area contributed by atoms with Gasteiger partial charge < -0.3 is 5.32 Å². The number of rotatable bonds is 4. The standard InChI is InChI=1S/C14H12F2N2O3S/c1-17-22(20,21)9-6-7-13(12(16)8-9)18-14(19)10-4-2-3-5-11(10)15/h2-8,17H,1H3,(H,18,19). The van der Waals surface area contributed by atoms with Crippen molar-refractivity contribution in [1.82, 2.24) is 4.72 Å². The monoisotopic (exact) mass is 326 g/mol. The molecule has 8 heteroatoms. The molecule has 0 saturated heterocycles. The van der Waals surface area contributed by atoms with Crippen LogP contribution in [0.2, 0.25) is 0 Å². The van der Waals surface area contributed by atoms with E-state index in [1.807, 2.05) is 4.72 Å². The lowest BCUT2D eigenvalue weighted by Crippen LogP contribution is -2.19. The van der Waals surface area contributed by atoms with Crippen LogP contribution in [0.15, 0.2) is 47.4 Å². The minimum absolute atomic E-state index is 0.242. The molecule has 2 aromatic carbocycles. The molecule has 2 rings (SSSR count). The molecule has 1 amide bonds. The number of hydrogen-bond donors (Lipinski definition) is 2. The third-order valence-corrected chi connectivity index (χ3v) is 4.30. The van der Waals surface area contributed by atoms with Gasteiger partial charge in [0, 0.05) is 0 Å². The van der Waals surface area contributed by atoms with Crippen molar-refractivity contribution in [3.05, 3.63) is 59.7 Å². The average molecular weight is 326 g/mol. The van der Waals surface area contributed by atoms with Gasteiger partial charge in [-0.1, -0.05) is 12.1 Å². The van der Waals surface area contributed by atoms with Crippen molar-refractivity contribution in [2.75, 3.05) is 12.4 Å². The van der Waals surface area contributed by atoms with Gasteiger partial charge in [-0.15, -0.1) is 0 Å². The second-order valence-corrected chi connectivity index (χ2v) is 6.17. The maximum Gasteiger partial charge on any atom is 0.258 e. The molecule has 0 radical (unpaired) electrons. The summed E-state index contributed by atoms with van der Waals surface area (Å²) in [5, 5.41) is 2.19. The molecule has 0 fully saturated rings. The van der Waals surface area contributed by atoms with Crippen molar-refractivity contribution >= 4 is 21.6 Å². The Balaban J connectivity index is 2.28. The summed E-state index contributed by atoms with van der Waals surface area (Å²) in [5.41, 5.74) is -0.489. The summed E-state index contributed by atoms with van der Waals surface area (Å²) in [5.74, 6) is -2.52. The molecule has 116 valence electrons. The van der Waals surface area contributed by atoms with Crippen molar-refractivity contribution in [3.8, 4) is 0 Å². The molecular formula is C14H12F2N2O3S. The predicted octanol–water partition coefficient (Wildman–Crippen LogP) is 2.13. The van der Waals surface area contributed by atoms with Crippen LogP contribution < -0.4 is 10.0 Å². The van der Waals surface area contributed by atoms with Gasteiger partial charge >= 0.3 is 0 Å². The Labute approximate surface area is 126 Å². The smallest absolute Gasteiger partial charge is 0.258 e. The SMILES string of the molecule is CNS(=O)(=O)c1ccc(NC(=O)c2ccccc2F)c(F)c1. The fourth-order valence-electron chi connectivity index (χ4n) is 1.72. The lowest BCUT2D eigenvalue weighted by Gasteiger charge is -2.09. The zero-order valence-electron chi connectivity index (χ0n) is 11.4. The Kier molecular flexibility index (Phi) is 4.53. The van der Waals surface area contributed by atoms with Gasteiger partial charge in [-0.05, 0) is 37.4 Å². The fourth-order valence-corrected chi connectivity index (χ4v) is 2.46. The number of carbonyl (C=O) groups excluding carboxylic acids is 1. The summed E-state index contributed by atoms with van der Waals surface area (Å²) in [4.78, 5) is 11.6. The lowest BCUT2D eigenvalue weighted by molar-refractivity contribution is 0.102. The second-order valence-electron chi connectivity index (χ2n) is 4.28. The molecule has 0 heterocycles. The van der Waals surface area contributed by atoms with E-state index in [0.29, 0.717) is 0 Å². The lowest BCUT2D eigenvalue weighted by atomic mass is 10.2. The minimum Gasteiger partial charge on any atom is -0.319 e. The van der Waals surface area contributed by atoms with E-state index in [0.717, 1.165) is 24.3 Å². The number of amides is 1. The van der Waals surface area contributed by atoms with Crippen LogP contribution >= 0.6 is 0 Å². The molecule has 22 heavy (non-hydrogen) atoms. The minimum atomic E-state index is -3.79. The molecule has 5 nitrogen and oxygen atoms in total. The highest BCUT2D eigenvalue weighted by Crippen LogP contribution is 2.20. The van der Waals surface area contributed by atoms with Crippen LogP contribution in [-0.2, 0) is 10.0 Å². The summed E-state index contributed by atoms with van der Waals surface area (Å²) in [6, 6.07) is 8.24. The van der Waals surface area contributed by atoms with E-state index in [1.165, 1.54) is 25.2 Å². The summed E-state index contributed by atoms with van der Waals surface area (Å²) in [6.07, 6.45) is 0. The number of sulfonamides is 1. The van der Waals surface area contributed by atoms with E-state index >= 15 is 0 Å². The molecule has 0 aliphatic carbocycles. The number of anilines is 1. The number of nitrogens with one attached hydrogen (secondary N) is 2. The quantitative estimate of drug-likeness (QED) is 0.904. The molecule has 0 aromatic heterocycles. The maximum absolute atomic E-state index is 13.9. The van der Waals surface area contributed by atoms with Crippen molar-refractivity contribution in [3.63, 3.8) is 0 Å². The summed E-state index contributed by atoms with van der Waals surface area (Å²) < 4.78 is 52.5. The Morgan fingerprint density at radius 3 is 2.32 bits per heavy atom. The predicted molar refractivity (Wildman–Crippen MR) is 77.0 cm³/mol. The van der Waals surface area contributed by atoms with Gasteiger partial charge in [-0.25, -0.2) is 21.9 Å². The number of benzene rings is 2. The first kappa shape index (κ1) is 16.1. The highest BCUT2D eigenvalue weighted by Gasteiger charge is 2.17. The van der Waals surface area contributed by atoms with Crippen molar-refractivity contribution in [2.24, 2.45) is 0 Å². The number of hydrogen-bond acceptors (Lipinski definition) is 3. The van der Waals surface area contributed by atoms with E-state index in [2.05, 4.69) is 5.32 Å². The highest BCUT2D eigenvalue weighted by molar-refractivity contribution is 7.89. The van der Waals surface area contributed by atoms with Crippen LogP contribution in [0.4, 0.5) is 14.5 Å². The van der Waals surface area contributed by atoms with E-state index in [4.69, 9.17) is 0 Å². The normalized spacial score (nSPS) is 11.2. The van der Waals surface area contributed by atoms with Crippen molar-refractivity contribution < 1.29 is 22.0 Å². The van der Waals surface area contributed by atoms with E-state index in [1.54, 1.807) is 0 Å². The van der Waals surface area contributed by atoms with Gasteiger partial charge in [-0.3, -0.25) is 4.79 Å². The molecule has 0 aliphatic heterocycles. The molecule has 0 saturated carbocycles. The first-order valence-electron chi connectivity index (χ1n) is 6.14. The van der Waals surface area contributed by atoms with Crippen LogP contribution in [0, 0.1) is 11.6 Å². The van der Waals surface area contributed by atoms with Crippen LogP contribution in [0.1, 0.15) is 10.4 Å². The third-order valence-electron chi connectivity index (χ3n) is 2.89. The van der Waals surface area contributed by atoms with E-state index < -0.39 is 27.6 Å². The number of carbonyl (C=O) groups is 1. The highest BCUT2D eigenvalue weighted by atomic mass is 32.2. The van der Waals surface area contributed by atoms with Crippen LogP contribution in [0.3, 0.4) is 0 Å². The van der Waals surface area contributed by atoms with Gasteiger partial charge in [0.1, 0.15) is 11.6 Å². The molecular weight excluding hydrogens is 314 g/mol. The van der Waals surface area contributed by atoms with E-state index in [-0.39, 0.29) is 16.1 Å². The fraction of sp³-hybridized carbons (Fsp3) is 0.0714. The average Bonchev–Trinajstić information content (AvgIpc) is 2.49. The molecule has 2 N–H and O–H groups in total. The van der Waals surface area contributed by atoms with Gasteiger partial charge in [0.25, 0.3) is 5.91 Å². The third kappa shape index (κ3) is 3.29. The first-order chi connectivity index (χ1) is 10.3. The van der Waals surface area contributed by atoms with E-state index in [9.17, 15) is 22.0 Å². The van der Waals surface area contributed by atoms with Gasteiger partial charge in [0.2, 0.25) is 10.0 Å². The summed E-state index contributed by atoms with van der Waals surface area (Å²) in [7, 11) is -2.59. The Morgan fingerprint density at radius 1 is 1.05 bits per heavy atom. The second kappa shape index (κ2) is 6.20. The topological polar surface area (TPSA) is 75.3 Å². The van der Waals surface area contributed by atoms with Crippen LogP contribution in [0.5, 0.6) is 0 Å². The zero-order valence-corrected chi connectivity index (χ0v) is 12.2. The van der Waals surface area contributed by atoms with Crippen molar-refractivity contribution in [2.45, 2.75) is 4.90 Å². The van der Waals surface area contributed by atoms with Gasteiger partial charge in [-0.2, -0.15) is 0 Å². The van der Waals surface area contributed by atoms with Gasteiger partial charge in [0.15, 0.2) is 0 Å². The number of halogens is 2. The zero-order chi connectivity index (χ0) is 16.3. The Bertz CT molecular complexity index is 823. The molecule has 0 bridgehead atoms. The van der Waals surface area contributed by atoms with Crippen LogP contribution in [0.25, 0.3) is 0 Å². The van der Waals surface area contributed by atoms with Gasteiger partial charge in [0.05, 0.1) is 16.1 Å². The Hall–Kier alpha value is -2.32. The van der Waals surface area contributed by atoms with Crippen molar-refractivity contribution in [1.29, 1.82) is 0 Å². The summed E-state index contributed by atoms with van der Waals surface area (Å²) in [6.45, 7) is 0. The Morgan fingerprint density at radius 2 is 1.73 bits per heavy atom. The molecule has 0 unspecified atom stereocenters. The molecule has 0 spiro atoms. The molecule has 2 aromatic rings. The van der Waals surface area contributed by atoms with Crippen LogP contribution in [-0.4, -0.2) is 21.4 Å². The maximum atomic E-state index is 13.9. The summed E-state index contributed by atoms with van der Waals surface area (Å²) >= 11 is 0.